The maximum Gasteiger partial charge on any atom is 0.266 e. The maximum absolute atomic E-state index is 13.3. The van der Waals surface area contributed by atoms with Gasteiger partial charge < -0.3 is 10.1 Å². The number of hydrogen-bond donors (Lipinski definition) is 1. The molecule has 0 aliphatic heterocycles. The van der Waals surface area contributed by atoms with Gasteiger partial charge in [0.25, 0.3) is 5.91 Å². The minimum Gasteiger partial charge on any atom is -0.480 e. The van der Waals surface area contributed by atoms with E-state index >= 15 is 0 Å². The number of nitrogens with one attached hydrogen (secondary N) is 1. The zero-order valence-corrected chi connectivity index (χ0v) is 23.1. The number of carbonyl (C=O) groups is 1. The van der Waals surface area contributed by atoms with Crippen LogP contribution in [-0.4, -0.2) is 25.7 Å². The molecule has 36 heavy (non-hydrogen) atoms. The van der Waals surface area contributed by atoms with Gasteiger partial charge in [0.05, 0.1) is 11.0 Å². The quantitative estimate of drug-likeness (QED) is 0.255. The first-order chi connectivity index (χ1) is 17.0. The number of rotatable bonds is 9. The Balaban J connectivity index is 1.62. The second-order valence-electron chi connectivity index (χ2n) is 10.8. The Labute approximate surface area is 218 Å². The van der Waals surface area contributed by atoms with Crippen LogP contribution in [0.25, 0.3) is 16.7 Å². The Morgan fingerprint density at radius 3 is 2.39 bits per heavy atom. The first-order valence-electron chi connectivity index (χ1n) is 12.8. The Morgan fingerprint density at radius 2 is 1.72 bits per heavy atom. The molecule has 4 rings (SSSR count). The molecular formula is C29H37ClN4O2. The third-order valence-corrected chi connectivity index (χ3v) is 7.98. The first kappa shape index (κ1) is 26.1. The molecule has 6 nitrogen and oxygen atoms in total. The zero-order chi connectivity index (χ0) is 26.3. The summed E-state index contributed by atoms with van der Waals surface area (Å²) in [6.07, 6.45) is 1.84. The smallest absolute Gasteiger partial charge is 0.266 e. The van der Waals surface area contributed by atoms with Crippen molar-refractivity contribution in [1.29, 1.82) is 0 Å². The van der Waals surface area contributed by atoms with Crippen molar-refractivity contribution in [2.45, 2.75) is 84.7 Å². The largest absolute Gasteiger partial charge is 0.480 e. The van der Waals surface area contributed by atoms with Crippen molar-refractivity contribution >= 4 is 40.2 Å². The van der Waals surface area contributed by atoms with E-state index in [1.54, 1.807) is 10.6 Å². The van der Waals surface area contributed by atoms with Gasteiger partial charge in [0.2, 0.25) is 0 Å². The predicted molar refractivity (Wildman–Crippen MR) is 148 cm³/mol. The van der Waals surface area contributed by atoms with E-state index in [2.05, 4.69) is 64.0 Å². The van der Waals surface area contributed by atoms with Crippen molar-refractivity contribution in [1.82, 2.24) is 13.7 Å². The van der Waals surface area contributed by atoms with Crippen molar-refractivity contribution in [3.05, 3.63) is 59.7 Å². The minimum absolute atomic E-state index is 0.0616. The second kappa shape index (κ2) is 9.81. The molecule has 1 unspecified atom stereocenters. The molecule has 1 N–H and O–H groups in total. The lowest BCUT2D eigenvalue weighted by atomic mass is 9.76. The summed E-state index contributed by atoms with van der Waals surface area (Å²) in [5.41, 5.74) is 4.75. The summed E-state index contributed by atoms with van der Waals surface area (Å²) in [6.45, 7) is 15.3. The van der Waals surface area contributed by atoms with Gasteiger partial charge in [0.15, 0.2) is 11.8 Å². The van der Waals surface area contributed by atoms with Gasteiger partial charge in [0.1, 0.15) is 11.6 Å². The van der Waals surface area contributed by atoms with E-state index in [0.717, 1.165) is 35.2 Å². The van der Waals surface area contributed by atoms with E-state index in [9.17, 15) is 4.79 Å². The lowest BCUT2D eigenvalue weighted by molar-refractivity contribution is -0.122. The van der Waals surface area contributed by atoms with Crippen LogP contribution < -0.4 is 10.1 Å². The van der Waals surface area contributed by atoms with Crippen LogP contribution in [0.5, 0.6) is 5.75 Å². The summed E-state index contributed by atoms with van der Waals surface area (Å²) in [4.78, 5) is 17.9. The summed E-state index contributed by atoms with van der Waals surface area (Å²) < 4.78 is 9.56. The van der Waals surface area contributed by atoms with Crippen LogP contribution in [-0.2, 0) is 15.6 Å². The number of ether oxygens (including phenoxy) is 1. The van der Waals surface area contributed by atoms with Crippen LogP contribution in [0.2, 0.25) is 0 Å². The predicted octanol–water partition coefficient (Wildman–Crippen LogP) is 7.46. The number of para-hydroxylation sites is 2. The number of amides is 1. The number of aromatic nitrogens is 3. The molecule has 0 bridgehead atoms. The van der Waals surface area contributed by atoms with Crippen molar-refractivity contribution in [3.63, 3.8) is 0 Å². The van der Waals surface area contributed by atoms with E-state index in [1.165, 1.54) is 9.76 Å². The molecule has 0 aliphatic rings. The number of fused-ring (bicyclic) bond motifs is 3. The maximum atomic E-state index is 13.3. The molecule has 1 amide bonds. The summed E-state index contributed by atoms with van der Waals surface area (Å²) in [5, 5.41) is 2.94. The third-order valence-electron chi connectivity index (χ3n) is 7.64. The van der Waals surface area contributed by atoms with E-state index in [4.69, 9.17) is 16.5 Å². The molecule has 0 fully saturated rings. The molecule has 7 heteroatoms. The van der Waals surface area contributed by atoms with Crippen molar-refractivity contribution in [3.8, 4) is 5.75 Å². The fraction of sp³-hybridized carbons (Fsp3) is 0.448. The molecule has 0 saturated carbocycles. The van der Waals surface area contributed by atoms with Gasteiger partial charge in [-0.25, -0.2) is 9.50 Å². The molecular weight excluding hydrogens is 472 g/mol. The van der Waals surface area contributed by atoms with Crippen molar-refractivity contribution < 1.29 is 9.53 Å². The van der Waals surface area contributed by atoms with Crippen molar-refractivity contribution in [2.75, 3.05) is 5.32 Å². The monoisotopic (exact) mass is 508 g/mol. The van der Waals surface area contributed by atoms with E-state index in [1.807, 2.05) is 37.3 Å². The zero-order valence-electron chi connectivity index (χ0n) is 22.4. The van der Waals surface area contributed by atoms with Crippen molar-refractivity contribution in [2.24, 2.45) is 0 Å². The summed E-state index contributed by atoms with van der Waals surface area (Å²) in [5.74, 6) is 0.954. The number of benzene rings is 2. The van der Waals surface area contributed by atoms with Gasteiger partial charge in [-0.05, 0) is 53.9 Å². The topological polar surface area (TPSA) is 60.6 Å². The lowest BCUT2D eigenvalue weighted by Crippen LogP contribution is -2.34. The van der Waals surface area contributed by atoms with Crippen LogP contribution in [0, 0.1) is 0 Å². The molecule has 2 aromatic carbocycles. The van der Waals surface area contributed by atoms with Crippen LogP contribution in [0.4, 0.5) is 5.82 Å². The molecule has 0 saturated heterocycles. The van der Waals surface area contributed by atoms with Gasteiger partial charge >= 0.3 is 0 Å². The standard InChI is InChI=1S/C29H37ClN4O2/c1-8-23(36-24-16-15-19(28(4,5)9-2)17-20(24)29(6,7)10-3)27(35)32-26-18-25-31-21-13-11-12-14-22(21)33(25)34(26)30/h11-18,23H,8-10H2,1-7H3,(H,32,35). The number of nitrogens with zero attached hydrogens (tertiary/aromatic N) is 3. The average molecular weight is 509 g/mol. The number of imidazole rings is 1. The number of carbonyl (C=O) groups excluding carboxylic acids is 1. The third kappa shape index (κ3) is 4.71. The summed E-state index contributed by atoms with van der Waals surface area (Å²) in [6, 6.07) is 15.9. The van der Waals surface area contributed by atoms with Crippen LogP contribution >= 0.6 is 11.8 Å². The molecule has 2 aromatic heterocycles. The molecule has 2 heterocycles. The highest BCUT2D eigenvalue weighted by Gasteiger charge is 2.29. The highest BCUT2D eigenvalue weighted by molar-refractivity contribution is 6.17. The Kier molecular flexibility index (Phi) is 7.11. The van der Waals surface area contributed by atoms with Crippen LogP contribution in [0.15, 0.2) is 48.5 Å². The molecule has 0 spiro atoms. The van der Waals surface area contributed by atoms with E-state index in [0.29, 0.717) is 17.9 Å². The van der Waals surface area contributed by atoms with Crippen LogP contribution in [0.1, 0.15) is 78.9 Å². The fourth-order valence-electron chi connectivity index (χ4n) is 4.33. The van der Waals surface area contributed by atoms with E-state index in [-0.39, 0.29) is 16.7 Å². The van der Waals surface area contributed by atoms with Gasteiger partial charge in [-0.15, -0.1) is 0 Å². The number of anilines is 1. The normalized spacial score (nSPS) is 13.3. The Hall–Kier alpha value is -2.99. The van der Waals surface area contributed by atoms with Gasteiger partial charge in [-0.1, -0.05) is 72.7 Å². The minimum atomic E-state index is -0.669. The highest BCUT2D eigenvalue weighted by Crippen LogP contribution is 2.39. The Morgan fingerprint density at radius 1 is 1.03 bits per heavy atom. The average Bonchev–Trinajstić information content (AvgIpc) is 3.38. The molecule has 1 atom stereocenters. The SMILES string of the molecule is CCC(Oc1ccc(C(C)(C)CC)cc1C(C)(C)CC)C(=O)Nc1cc2nc3ccccc3n2n1Cl. The number of halogens is 1. The van der Waals surface area contributed by atoms with Gasteiger partial charge in [0, 0.05) is 23.4 Å². The van der Waals surface area contributed by atoms with Gasteiger partial charge in [-0.2, -0.15) is 4.20 Å². The lowest BCUT2D eigenvalue weighted by Gasteiger charge is -2.31. The molecule has 192 valence electrons. The molecule has 0 aliphatic carbocycles. The summed E-state index contributed by atoms with van der Waals surface area (Å²) in [7, 11) is 0. The van der Waals surface area contributed by atoms with Crippen LogP contribution in [0.3, 0.4) is 0 Å². The molecule has 0 radical (unpaired) electrons. The second-order valence-corrected chi connectivity index (χ2v) is 11.1. The summed E-state index contributed by atoms with van der Waals surface area (Å²) >= 11 is 6.59. The molecule has 4 aromatic rings. The highest BCUT2D eigenvalue weighted by atomic mass is 35.5. The fourth-order valence-corrected chi connectivity index (χ4v) is 4.58. The number of hydrogen-bond acceptors (Lipinski definition) is 3. The van der Waals surface area contributed by atoms with Gasteiger partial charge in [-0.3, -0.25) is 4.79 Å². The van der Waals surface area contributed by atoms with E-state index < -0.39 is 6.10 Å². The Bertz CT molecular complexity index is 1400. The first-order valence-corrected chi connectivity index (χ1v) is 13.1.